The van der Waals surface area contributed by atoms with Crippen LogP contribution in [-0.2, 0) is 6.54 Å². The van der Waals surface area contributed by atoms with Gasteiger partial charge in [0.05, 0.1) is 5.52 Å². The van der Waals surface area contributed by atoms with Crippen molar-refractivity contribution in [1.82, 2.24) is 14.8 Å². The average molecular weight is 321 g/mol. The van der Waals surface area contributed by atoms with Crippen molar-refractivity contribution in [3.05, 3.63) is 47.9 Å². The molecular formula is C20H23N3O. The van der Waals surface area contributed by atoms with Gasteiger partial charge in [-0.3, -0.25) is 14.5 Å². The fraction of sp³-hybridized carbons (Fsp3) is 0.350. The molecule has 0 aliphatic rings. The first kappa shape index (κ1) is 16.4. The van der Waals surface area contributed by atoms with Crippen molar-refractivity contribution in [2.45, 2.75) is 41.2 Å². The van der Waals surface area contributed by atoms with Gasteiger partial charge < -0.3 is 0 Å². The maximum absolute atomic E-state index is 12.0. The SMILES string of the molecule is CC(=O)c1nn(CC(C)(C)C)c2ccc(-c3ccc(C)nc3)cc12. The monoisotopic (exact) mass is 321 g/mol. The molecule has 3 rings (SSSR count). The molecule has 0 amide bonds. The van der Waals surface area contributed by atoms with Crippen LogP contribution in [0.4, 0.5) is 0 Å². The van der Waals surface area contributed by atoms with E-state index >= 15 is 0 Å². The van der Waals surface area contributed by atoms with Gasteiger partial charge in [0, 0.05) is 36.3 Å². The summed E-state index contributed by atoms with van der Waals surface area (Å²) >= 11 is 0. The van der Waals surface area contributed by atoms with Crippen molar-refractivity contribution in [3.63, 3.8) is 0 Å². The van der Waals surface area contributed by atoms with E-state index in [1.165, 1.54) is 0 Å². The average Bonchev–Trinajstić information content (AvgIpc) is 2.84. The van der Waals surface area contributed by atoms with Crippen molar-refractivity contribution >= 4 is 16.7 Å². The van der Waals surface area contributed by atoms with Gasteiger partial charge in [-0.1, -0.05) is 32.9 Å². The van der Waals surface area contributed by atoms with E-state index in [2.05, 4.69) is 49.1 Å². The van der Waals surface area contributed by atoms with Crippen LogP contribution in [0.2, 0.25) is 0 Å². The summed E-state index contributed by atoms with van der Waals surface area (Å²) in [6.45, 7) is 10.8. The number of hydrogen-bond acceptors (Lipinski definition) is 3. The van der Waals surface area contributed by atoms with Crippen molar-refractivity contribution in [2.75, 3.05) is 0 Å². The molecule has 0 aliphatic heterocycles. The van der Waals surface area contributed by atoms with Crippen molar-refractivity contribution < 1.29 is 4.79 Å². The number of aromatic nitrogens is 3. The van der Waals surface area contributed by atoms with E-state index in [0.29, 0.717) is 5.69 Å². The Morgan fingerprint density at radius 2 is 1.83 bits per heavy atom. The minimum Gasteiger partial charge on any atom is -0.293 e. The minimum absolute atomic E-state index is 0.00756. The number of benzene rings is 1. The largest absolute Gasteiger partial charge is 0.293 e. The molecular weight excluding hydrogens is 298 g/mol. The molecule has 24 heavy (non-hydrogen) atoms. The third kappa shape index (κ3) is 3.23. The number of rotatable bonds is 3. The Kier molecular flexibility index (Phi) is 3.99. The first-order chi connectivity index (χ1) is 11.2. The third-order valence-electron chi connectivity index (χ3n) is 3.95. The summed E-state index contributed by atoms with van der Waals surface area (Å²) in [7, 11) is 0. The zero-order valence-electron chi connectivity index (χ0n) is 14.9. The molecule has 2 heterocycles. The molecule has 4 heteroatoms. The molecule has 2 aromatic heterocycles. The summed E-state index contributed by atoms with van der Waals surface area (Å²) in [4.78, 5) is 16.4. The Morgan fingerprint density at radius 3 is 2.42 bits per heavy atom. The maximum atomic E-state index is 12.0. The molecule has 0 spiro atoms. The molecule has 0 unspecified atom stereocenters. The van der Waals surface area contributed by atoms with Crippen molar-refractivity contribution in [2.24, 2.45) is 5.41 Å². The molecule has 4 nitrogen and oxygen atoms in total. The second-order valence-corrected chi connectivity index (χ2v) is 7.54. The highest BCUT2D eigenvalue weighted by Gasteiger charge is 2.19. The van der Waals surface area contributed by atoms with Crippen LogP contribution in [0.1, 0.15) is 43.9 Å². The fourth-order valence-electron chi connectivity index (χ4n) is 2.83. The lowest BCUT2D eigenvalue weighted by atomic mass is 9.97. The van der Waals surface area contributed by atoms with Gasteiger partial charge in [0.1, 0.15) is 5.69 Å². The topological polar surface area (TPSA) is 47.8 Å². The zero-order valence-corrected chi connectivity index (χ0v) is 14.9. The Morgan fingerprint density at radius 1 is 1.12 bits per heavy atom. The normalized spacial score (nSPS) is 11.9. The summed E-state index contributed by atoms with van der Waals surface area (Å²) < 4.78 is 1.95. The van der Waals surface area contributed by atoms with Crippen LogP contribution < -0.4 is 0 Å². The van der Waals surface area contributed by atoms with E-state index in [-0.39, 0.29) is 11.2 Å². The lowest BCUT2D eigenvalue weighted by Gasteiger charge is -2.18. The highest BCUT2D eigenvalue weighted by Crippen LogP contribution is 2.28. The quantitative estimate of drug-likeness (QED) is 0.659. The number of carbonyl (C=O) groups is 1. The van der Waals surface area contributed by atoms with E-state index in [9.17, 15) is 4.79 Å². The second kappa shape index (κ2) is 5.86. The van der Waals surface area contributed by atoms with Crippen LogP contribution in [0.25, 0.3) is 22.0 Å². The molecule has 0 aliphatic carbocycles. The number of carbonyl (C=O) groups excluding carboxylic acids is 1. The van der Waals surface area contributed by atoms with Crippen LogP contribution in [0, 0.1) is 12.3 Å². The number of fused-ring (bicyclic) bond motifs is 1. The molecule has 1 aromatic carbocycles. The number of nitrogens with zero attached hydrogens (tertiary/aromatic N) is 3. The molecule has 0 atom stereocenters. The van der Waals surface area contributed by atoms with Crippen molar-refractivity contribution in [1.29, 1.82) is 0 Å². The third-order valence-corrected chi connectivity index (χ3v) is 3.95. The molecule has 0 saturated carbocycles. The van der Waals surface area contributed by atoms with E-state index in [1.807, 2.05) is 29.9 Å². The van der Waals surface area contributed by atoms with Crippen LogP contribution in [0.5, 0.6) is 0 Å². The van der Waals surface area contributed by atoms with Gasteiger partial charge >= 0.3 is 0 Å². The zero-order chi connectivity index (χ0) is 17.5. The molecule has 0 saturated heterocycles. The van der Waals surface area contributed by atoms with Gasteiger partial charge in [0.25, 0.3) is 0 Å². The highest BCUT2D eigenvalue weighted by atomic mass is 16.1. The lowest BCUT2D eigenvalue weighted by molar-refractivity contribution is 0.101. The summed E-state index contributed by atoms with van der Waals surface area (Å²) in [5, 5.41) is 5.48. The predicted octanol–water partition coefficient (Wildman–Crippen LogP) is 4.66. The molecule has 0 radical (unpaired) electrons. The number of hydrogen-bond donors (Lipinski definition) is 0. The van der Waals surface area contributed by atoms with E-state index < -0.39 is 0 Å². The number of Topliss-reactive ketones (excluding diaryl/α,β-unsaturated/α-hetero) is 1. The van der Waals surface area contributed by atoms with Crippen LogP contribution in [0.15, 0.2) is 36.5 Å². The Bertz CT molecular complexity index is 899. The lowest BCUT2D eigenvalue weighted by Crippen LogP contribution is -2.16. The molecule has 0 fully saturated rings. The fourth-order valence-corrected chi connectivity index (χ4v) is 2.83. The van der Waals surface area contributed by atoms with Gasteiger partial charge in [-0.25, -0.2) is 0 Å². The number of ketones is 1. The van der Waals surface area contributed by atoms with E-state index in [4.69, 9.17) is 0 Å². The summed E-state index contributed by atoms with van der Waals surface area (Å²) in [6, 6.07) is 10.2. The highest BCUT2D eigenvalue weighted by molar-refractivity contribution is 6.05. The van der Waals surface area contributed by atoms with Crippen molar-refractivity contribution in [3.8, 4) is 11.1 Å². The Hall–Kier alpha value is -2.49. The summed E-state index contributed by atoms with van der Waals surface area (Å²) in [6.07, 6.45) is 1.86. The molecule has 124 valence electrons. The molecule has 0 N–H and O–H groups in total. The van der Waals surface area contributed by atoms with Crippen LogP contribution in [-0.4, -0.2) is 20.5 Å². The van der Waals surface area contributed by atoms with Gasteiger partial charge in [-0.2, -0.15) is 5.10 Å². The first-order valence-electron chi connectivity index (χ1n) is 8.19. The molecule has 3 aromatic rings. The van der Waals surface area contributed by atoms with E-state index in [1.54, 1.807) is 6.92 Å². The van der Waals surface area contributed by atoms with Crippen LogP contribution in [0.3, 0.4) is 0 Å². The van der Waals surface area contributed by atoms with Gasteiger partial charge in [0.2, 0.25) is 0 Å². The van der Waals surface area contributed by atoms with E-state index in [0.717, 1.165) is 34.3 Å². The van der Waals surface area contributed by atoms with Crippen LogP contribution >= 0.6 is 0 Å². The number of pyridine rings is 1. The smallest absolute Gasteiger partial charge is 0.180 e. The minimum atomic E-state index is -0.00756. The summed E-state index contributed by atoms with van der Waals surface area (Å²) in [5.74, 6) is -0.00756. The maximum Gasteiger partial charge on any atom is 0.180 e. The Balaban J connectivity index is 2.16. The van der Waals surface area contributed by atoms with Gasteiger partial charge in [-0.15, -0.1) is 0 Å². The second-order valence-electron chi connectivity index (χ2n) is 7.54. The standard InChI is InChI=1S/C20H23N3O/c1-13-6-7-16(11-21-13)15-8-9-18-17(10-15)19(14(2)24)22-23(18)12-20(3,4)5/h6-11H,12H2,1-5H3. The Labute approximate surface area is 142 Å². The number of aryl methyl sites for hydroxylation is 1. The molecule has 0 bridgehead atoms. The summed E-state index contributed by atoms with van der Waals surface area (Å²) in [5.41, 5.74) is 4.71. The van der Waals surface area contributed by atoms with Gasteiger partial charge in [0.15, 0.2) is 5.78 Å². The first-order valence-corrected chi connectivity index (χ1v) is 8.19. The predicted molar refractivity (Wildman–Crippen MR) is 97.2 cm³/mol. The van der Waals surface area contributed by atoms with Gasteiger partial charge in [-0.05, 0) is 36.1 Å².